The van der Waals surface area contributed by atoms with Crippen molar-refractivity contribution in [2.45, 2.75) is 6.54 Å². The van der Waals surface area contributed by atoms with Gasteiger partial charge in [0, 0.05) is 6.07 Å². The molecule has 0 fully saturated rings. The molecule has 78 valence electrons. The molecule has 2 N–H and O–H groups in total. The fourth-order valence-corrected chi connectivity index (χ4v) is 1.70. The molecule has 0 aromatic carbocycles. The number of carboxylic acids is 1. The number of aromatic nitrogens is 2. The van der Waals surface area contributed by atoms with Gasteiger partial charge in [-0.2, -0.15) is 0 Å². The van der Waals surface area contributed by atoms with Gasteiger partial charge in [0.2, 0.25) is 0 Å². The van der Waals surface area contributed by atoms with E-state index in [0.717, 1.165) is 0 Å². The Morgan fingerprint density at radius 2 is 2.53 bits per heavy atom. The van der Waals surface area contributed by atoms with Gasteiger partial charge in [-0.3, -0.25) is 0 Å². The van der Waals surface area contributed by atoms with Crippen LogP contribution in [0.25, 0.3) is 0 Å². The van der Waals surface area contributed by atoms with Crippen LogP contribution in [0.5, 0.6) is 0 Å². The van der Waals surface area contributed by atoms with Crippen molar-refractivity contribution in [1.82, 2.24) is 10.1 Å². The maximum absolute atomic E-state index is 10.7. The van der Waals surface area contributed by atoms with Crippen LogP contribution in [0.3, 0.4) is 0 Å². The fourth-order valence-electron chi connectivity index (χ4n) is 1.02. The van der Waals surface area contributed by atoms with Gasteiger partial charge in [-0.15, -0.1) is 11.3 Å². The fraction of sp³-hybridized carbons (Fsp3) is 0.125. The van der Waals surface area contributed by atoms with E-state index in [1.54, 1.807) is 6.07 Å². The lowest BCUT2D eigenvalue weighted by molar-refractivity contribution is 0.0692. The summed E-state index contributed by atoms with van der Waals surface area (Å²) in [5, 5.41) is 15.7. The Bertz CT molecular complexity index is 451. The van der Waals surface area contributed by atoms with Gasteiger partial charge < -0.3 is 14.9 Å². The summed E-state index contributed by atoms with van der Waals surface area (Å²) in [5.41, 5.74) is 1.51. The molecule has 0 radical (unpaired) electrons. The van der Waals surface area contributed by atoms with Gasteiger partial charge in [0.25, 0.3) is 0 Å². The van der Waals surface area contributed by atoms with Crippen molar-refractivity contribution >= 4 is 22.3 Å². The van der Waals surface area contributed by atoms with Gasteiger partial charge in [0.1, 0.15) is 5.00 Å². The normalized spacial score (nSPS) is 10.1. The molecule has 2 aromatic heterocycles. The molecule has 0 bridgehead atoms. The third-order valence-corrected chi connectivity index (χ3v) is 2.47. The second-order valence-electron chi connectivity index (χ2n) is 2.67. The molecule has 2 aromatic rings. The number of rotatable bonds is 4. The average molecular weight is 225 g/mol. The van der Waals surface area contributed by atoms with Crippen molar-refractivity contribution in [3.8, 4) is 0 Å². The monoisotopic (exact) mass is 225 g/mol. The van der Waals surface area contributed by atoms with Gasteiger partial charge in [-0.25, -0.2) is 9.78 Å². The SMILES string of the molecule is O=C(O)c1ncsc1NCc1ccno1. The third-order valence-electron chi connectivity index (χ3n) is 1.68. The molecular weight excluding hydrogens is 218 g/mol. The summed E-state index contributed by atoms with van der Waals surface area (Å²) in [7, 11) is 0. The Hall–Kier alpha value is -1.89. The Labute approximate surface area is 88.5 Å². The van der Waals surface area contributed by atoms with Crippen LogP contribution in [0, 0.1) is 0 Å². The maximum Gasteiger partial charge on any atom is 0.357 e. The van der Waals surface area contributed by atoms with Gasteiger partial charge in [0.05, 0.1) is 18.3 Å². The highest BCUT2D eigenvalue weighted by molar-refractivity contribution is 7.14. The molecule has 0 atom stereocenters. The van der Waals surface area contributed by atoms with E-state index in [1.165, 1.54) is 23.0 Å². The highest BCUT2D eigenvalue weighted by Gasteiger charge is 2.13. The van der Waals surface area contributed by atoms with Crippen molar-refractivity contribution in [1.29, 1.82) is 0 Å². The molecule has 0 saturated carbocycles. The number of hydrogen-bond donors (Lipinski definition) is 2. The summed E-state index contributed by atoms with van der Waals surface area (Å²) in [6.45, 7) is 0.391. The summed E-state index contributed by atoms with van der Waals surface area (Å²) in [6.07, 6.45) is 1.53. The van der Waals surface area contributed by atoms with E-state index in [4.69, 9.17) is 9.63 Å². The van der Waals surface area contributed by atoms with Crippen molar-refractivity contribution in [3.63, 3.8) is 0 Å². The van der Waals surface area contributed by atoms with Gasteiger partial charge in [0.15, 0.2) is 11.5 Å². The van der Waals surface area contributed by atoms with Crippen molar-refractivity contribution in [2.24, 2.45) is 0 Å². The van der Waals surface area contributed by atoms with E-state index in [-0.39, 0.29) is 5.69 Å². The first-order valence-electron chi connectivity index (χ1n) is 4.07. The Kier molecular flexibility index (Phi) is 2.64. The molecule has 0 saturated heterocycles. The lowest BCUT2D eigenvalue weighted by Gasteiger charge is -2.00. The molecule has 0 aliphatic carbocycles. The molecule has 2 heterocycles. The molecule has 7 heteroatoms. The summed E-state index contributed by atoms with van der Waals surface area (Å²) < 4.78 is 4.86. The molecule has 6 nitrogen and oxygen atoms in total. The minimum Gasteiger partial charge on any atom is -0.476 e. The first kappa shape index (κ1) is 9.66. The van der Waals surface area contributed by atoms with Crippen molar-refractivity contribution in [2.75, 3.05) is 5.32 Å². The number of nitrogens with one attached hydrogen (secondary N) is 1. The van der Waals surface area contributed by atoms with Crippen LogP contribution >= 0.6 is 11.3 Å². The van der Waals surface area contributed by atoms with Crippen molar-refractivity contribution < 1.29 is 14.4 Å². The summed E-state index contributed by atoms with van der Waals surface area (Å²) in [6, 6.07) is 1.70. The van der Waals surface area contributed by atoms with Gasteiger partial charge >= 0.3 is 5.97 Å². The first-order valence-corrected chi connectivity index (χ1v) is 4.95. The topological polar surface area (TPSA) is 88.2 Å². The largest absolute Gasteiger partial charge is 0.476 e. The number of hydrogen-bond acceptors (Lipinski definition) is 6. The van der Waals surface area contributed by atoms with E-state index in [1.807, 2.05) is 0 Å². The van der Waals surface area contributed by atoms with E-state index < -0.39 is 5.97 Å². The van der Waals surface area contributed by atoms with E-state index in [9.17, 15) is 4.79 Å². The van der Waals surface area contributed by atoms with Crippen LogP contribution in [0.4, 0.5) is 5.00 Å². The number of anilines is 1. The quantitative estimate of drug-likeness (QED) is 0.818. The third kappa shape index (κ3) is 2.13. The zero-order valence-corrected chi connectivity index (χ0v) is 8.32. The zero-order chi connectivity index (χ0) is 10.7. The second-order valence-corrected chi connectivity index (χ2v) is 3.52. The van der Waals surface area contributed by atoms with E-state index in [0.29, 0.717) is 17.3 Å². The molecule has 15 heavy (non-hydrogen) atoms. The Morgan fingerprint density at radius 3 is 3.20 bits per heavy atom. The molecule has 0 unspecified atom stereocenters. The molecule has 0 aliphatic rings. The van der Waals surface area contributed by atoms with Crippen LogP contribution in [0.1, 0.15) is 16.2 Å². The number of thiazole rings is 1. The van der Waals surface area contributed by atoms with Crippen LogP contribution in [0.15, 0.2) is 22.3 Å². The predicted molar refractivity (Wildman–Crippen MR) is 52.9 cm³/mol. The molecule has 0 amide bonds. The molecule has 0 spiro atoms. The van der Waals surface area contributed by atoms with Crippen LogP contribution < -0.4 is 5.32 Å². The van der Waals surface area contributed by atoms with Crippen LogP contribution in [0.2, 0.25) is 0 Å². The molecule has 2 rings (SSSR count). The first-order chi connectivity index (χ1) is 7.27. The highest BCUT2D eigenvalue weighted by atomic mass is 32.1. The van der Waals surface area contributed by atoms with E-state index in [2.05, 4.69) is 15.5 Å². The van der Waals surface area contributed by atoms with E-state index >= 15 is 0 Å². The molecular formula is C8H7N3O3S. The predicted octanol–water partition coefficient (Wildman–Crippen LogP) is 1.44. The van der Waals surface area contributed by atoms with Crippen LogP contribution in [-0.4, -0.2) is 21.2 Å². The zero-order valence-electron chi connectivity index (χ0n) is 7.51. The lowest BCUT2D eigenvalue weighted by Crippen LogP contribution is -2.04. The number of nitrogens with zero attached hydrogens (tertiary/aromatic N) is 2. The number of carboxylic acid groups (broad SMARTS) is 1. The highest BCUT2D eigenvalue weighted by Crippen LogP contribution is 2.20. The van der Waals surface area contributed by atoms with Gasteiger partial charge in [-0.05, 0) is 0 Å². The average Bonchev–Trinajstić information content (AvgIpc) is 2.86. The number of carbonyl (C=O) groups is 1. The summed E-state index contributed by atoms with van der Waals surface area (Å²) >= 11 is 1.23. The second kappa shape index (κ2) is 4.09. The van der Waals surface area contributed by atoms with Crippen LogP contribution in [-0.2, 0) is 6.54 Å². The number of aromatic carboxylic acids is 1. The molecule has 0 aliphatic heterocycles. The summed E-state index contributed by atoms with van der Waals surface area (Å²) in [5.74, 6) is -0.406. The Balaban J connectivity index is 2.05. The lowest BCUT2D eigenvalue weighted by atomic mass is 10.4. The Morgan fingerprint density at radius 1 is 1.67 bits per heavy atom. The maximum atomic E-state index is 10.7. The van der Waals surface area contributed by atoms with Gasteiger partial charge in [-0.1, -0.05) is 5.16 Å². The van der Waals surface area contributed by atoms with Crippen molar-refractivity contribution in [3.05, 3.63) is 29.2 Å². The summed E-state index contributed by atoms with van der Waals surface area (Å²) in [4.78, 5) is 14.4. The standard InChI is InChI=1S/C8H7N3O3S/c12-8(13)6-7(15-4-10-6)9-3-5-1-2-11-14-5/h1-2,4,9H,3H2,(H,12,13). The minimum absolute atomic E-state index is 0.0273. The minimum atomic E-state index is -1.05. The smallest absolute Gasteiger partial charge is 0.357 e.